The van der Waals surface area contributed by atoms with E-state index in [1.165, 1.54) is 0 Å². The highest BCUT2D eigenvalue weighted by molar-refractivity contribution is 14.1. The Bertz CT molecular complexity index is 765. The lowest BCUT2D eigenvalue weighted by atomic mass is 10.0. The second-order valence-corrected chi connectivity index (χ2v) is 9.52. The van der Waals surface area contributed by atoms with Crippen LogP contribution in [0, 0.1) is 14.3 Å². The van der Waals surface area contributed by atoms with E-state index in [0.29, 0.717) is 34.5 Å². The zero-order valence-corrected chi connectivity index (χ0v) is 24.6. The number of ether oxygens (including phenoxy) is 6. The molecule has 0 atom stereocenters. The Morgan fingerprint density at radius 1 is 0.357 bits per heavy atom. The highest BCUT2D eigenvalue weighted by Crippen LogP contribution is 2.55. The standard InChI is InChI=1S/C18H18I4O6/c1-23-13-9(19)7(10(20)14(24-2)17(13)27-5)8-11(21)15(25-3)18(28-6)16(26-4)12(8)22/h1-6H3. The summed E-state index contributed by atoms with van der Waals surface area (Å²) in [5.74, 6) is 3.54. The quantitative estimate of drug-likeness (QED) is 0.328. The molecule has 0 aliphatic heterocycles. The number of hydrogen-bond acceptors (Lipinski definition) is 6. The molecule has 2 rings (SSSR count). The van der Waals surface area contributed by atoms with Gasteiger partial charge in [0.1, 0.15) is 0 Å². The second-order valence-electron chi connectivity index (χ2n) is 5.21. The summed E-state index contributed by atoms with van der Waals surface area (Å²) in [4.78, 5) is 0. The molecule has 0 radical (unpaired) electrons. The normalized spacial score (nSPS) is 10.5. The van der Waals surface area contributed by atoms with Crippen molar-refractivity contribution >= 4 is 90.4 Å². The van der Waals surface area contributed by atoms with E-state index in [1.807, 2.05) is 0 Å². The molecular weight excluding hydrogens is 820 g/mol. The van der Waals surface area contributed by atoms with Gasteiger partial charge in [-0.2, -0.15) is 0 Å². The molecule has 0 saturated carbocycles. The summed E-state index contributed by atoms with van der Waals surface area (Å²) in [7, 11) is 9.64. The summed E-state index contributed by atoms with van der Waals surface area (Å²) < 4.78 is 37.3. The maximum atomic E-state index is 5.66. The predicted octanol–water partition coefficient (Wildman–Crippen LogP) is 5.82. The van der Waals surface area contributed by atoms with E-state index in [0.717, 1.165) is 25.4 Å². The lowest BCUT2D eigenvalue weighted by Gasteiger charge is -2.23. The van der Waals surface area contributed by atoms with Crippen LogP contribution < -0.4 is 28.4 Å². The minimum atomic E-state index is 0.556. The molecule has 0 fully saturated rings. The summed E-state index contributed by atoms with van der Waals surface area (Å²) in [5, 5.41) is 0. The van der Waals surface area contributed by atoms with Crippen molar-refractivity contribution in [2.24, 2.45) is 0 Å². The van der Waals surface area contributed by atoms with Gasteiger partial charge in [-0.25, -0.2) is 0 Å². The third-order valence-corrected chi connectivity index (χ3v) is 8.09. The molecule has 0 heterocycles. The Kier molecular flexibility index (Phi) is 9.12. The number of benzene rings is 2. The third-order valence-electron chi connectivity index (χ3n) is 3.98. The van der Waals surface area contributed by atoms with E-state index < -0.39 is 0 Å². The molecule has 0 amide bonds. The first kappa shape index (κ1) is 24.4. The third kappa shape index (κ3) is 4.02. The Hall–Kier alpha value is 0.160. The number of methoxy groups -OCH3 is 6. The van der Waals surface area contributed by atoms with Gasteiger partial charge in [0, 0.05) is 11.1 Å². The van der Waals surface area contributed by atoms with Crippen molar-refractivity contribution in [2.75, 3.05) is 42.7 Å². The van der Waals surface area contributed by atoms with Crippen molar-refractivity contribution in [1.29, 1.82) is 0 Å². The first-order valence-electron chi connectivity index (χ1n) is 7.68. The van der Waals surface area contributed by atoms with Crippen LogP contribution in [0.3, 0.4) is 0 Å². The van der Waals surface area contributed by atoms with E-state index in [1.54, 1.807) is 42.7 Å². The highest BCUT2D eigenvalue weighted by atomic mass is 127. The average molecular weight is 838 g/mol. The highest BCUT2D eigenvalue weighted by Gasteiger charge is 2.31. The van der Waals surface area contributed by atoms with Crippen LogP contribution in [0.4, 0.5) is 0 Å². The summed E-state index contributed by atoms with van der Waals surface area (Å²) in [5.41, 5.74) is 1.90. The van der Waals surface area contributed by atoms with Crippen molar-refractivity contribution in [3.05, 3.63) is 14.3 Å². The molecule has 0 saturated heterocycles. The van der Waals surface area contributed by atoms with Crippen molar-refractivity contribution in [3.8, 4) is 45.6 Å². The van der Waals surface area contributed by atoms with Crippen LogP contribution in [-0.4, -0.2) is 42.7 Å². The van der Waals surface area contributed by atoms with E-state index in [4.69, 9.17) is 28.4 Å². The summed E-state index contributed by atoms with van der Waals surface area (Å²) in [6.45, 7) is 0. The van der Waals surface area contributed by atoms with Crippen molar-refractivity contribution in [1.82, 2.24) is 0 Å². The van der Waals surface area contributed by atoms with Gasteiger partial charge in [-0.15, -0.1) is 0 Å². The minimum absolute atomic E-state index is 0.556. The molecule has 0 N–H and O–H groups in total. The molecule has 0 aromatic heterocycles. The monoisotopic (exact) mass is 838 g/mol. The van der Waals surface area contributed by atoms with E-state index in [9.17, 15) is 0 Å². The topological polar surface area (TPSA) is 55.4 Å². The van der Waals surface area contributed by atoms with Gasteiger partial charge < -0.3 is 28.4 Å². The Morgan fingerprint density at radius 3 is 0.679 bits per heavy atom. The van der Waals surface area contributed by atoms with Gasteiger partial charge in [0.25, 0.3) is 0 Å². The maximum absolute atomic E-state index is 5.66. The average Bonchev–Trinajstić information content (AvgIpc) is 2.69. The van der Waals surface area contributed by atoms with Crippen LogP contribution in [0.25, 0.3) is 11.1 Å². The van der Waals surface area contributed by atoms with Crippen LogP contribution in [0.2, 0.25) is 0 Å². The molecule has 6 nitrogen and oxygen atoms in total. The van der Waals surface area contributed by atoms with Gasteiger partial charge in [0.2, 0.25) is 11.5 Å². The Morgan fingerprint density at radius 2 is 0.536 bits per heavy atom. The van der Waals surface area contributed by atoms with Gasteiger partial charge in [-0.05, 0) is 90.4 Å². The van der Waals surface area contributed by atoms with Crippen LogP contribution in [0.15, 0.2) is 0 Å². The second kappa shape index (κ2) is 10.5. The SMILES string of the molecule is COc1c(I)c(-c2c(I)c(OC)c(OC)c(OC)c2I)c(I)c(OC)c1OC. The van der Waals surface area contributed by atoms with E-state index in [-0.39, 0.29) is 0 Å². The zero-order valence-electron chi connectivity index (χ0n) is 16.0. The molecule has 0 spiro atoms. The van der Waals surface area contributed by atoms with Crippen molar-refractivity contribution in [2.45, 2.75) is 0 Å². The zero-order chi connectivity index (χ0) is 21.2. The maximum Gasteiger partial charge on any atom is 0.205 e. The van der Waals surface area contributed by atoms with Crippen LogP contribution in [0.1, 0.15) is 0 Å². The fourth-order valence-corrected chi connectivity index (χ4v) is 7.84. The van der Waals surface area contributed by atoms with Gasteiger partial charge in [0.05, 0.1) is 56.9 Å². The molecule has 0 aliphatic rings. The minimum Gasteiger partial charge on any atom is -0.492 e. The van der Waals surface area contributed by atoms with Gasteiger partial charge >= 0.3 is 0 Å². The lowest BCUT2D eigenvalue weighted by molar-refractivity contribution is 0.320. The fraction of sp³-hybridized carbons (Fsp3) is 0.333. The summed E-state index contributed by atoms with van der Waals surface area (Å²) in [6.07, 6.45) is 0. The van der Waals surface area contributed by atoms with Crippen molar-refractivity contribution < 1.29 is 28.4 Å². The van der Waals surface area contributed by atoms with Gasteiger partial charge in [-0.3, -0.25) is 0 Å². The van der Waals surface area contributed by atoms with E-state index >= 15 is 0 Å². The van der Waals surface area contributed by atoms with Crippen LogP contribution in [-0.2, 0) is 0 Å². The first-order chi connectivity index (χ1) is 13.3. The first-order valence-corrected chi connectivity index (χ1v) is 12.0. The summed E-state index contributed by atoms with van der Waals surface area (Å²) >= 11 is 9.06. The molecule has 0 bridgehead atoms. The largest absolute Gasteiger partial charge is 0.492 e. The molecule has 2 aromatic rings. The van der Waals surface area contributed by atoms with Gasteiger partial charge in [-0.1, -0.05) is 0 Å². The summed E-state index contributed by atoms with van der Waals surface area (Å²) in [6, 6.07) is 0. The molecule has 28 heavy (non-hydrogen) atoms. The molecule has 0 aliphatic carbocycles. The smallest absolute Gasteiger partial charge is 0.205 e. The number of hydrogen-bond donors (Lipinski definition) is 0. The molecule has 0 unspecified atom stereocenters. The Balaban J connectivity index is 3.08. The number of rotatable bonds is 7. The Labute approximate surface area is 218 Å². The predicted molar refractivity (Wildman–Crippen MR) is 142 cm³/mol. The van der Waals surface area contributed by atoms with Crippen LogP contribution >= 0.6 is 90.4 Å². The van der Waals surface area contributed by atoms with Crippen molar-refractivity contribution in [3.63, 3.8) is 0 Å². The fourth-order valence-electron chi connectivity index (χ4n) is 2.79. The molecule has 2 aromatic carbocycles. The van der Waals surface area contributed by atoms with Crippen LogP contribution in [0.5, 0.6) is 34.5 Å². The lowest BCUT2D eigenvalue weighted by Crippen LogP contribution is -2.06. The number of halogens is 4. The molecule has 154 valence electrons. The van der Waals surface area contributed by atoms with Gasteiger partial charge in [0.15, 0.2) is 23.0 Å². The van der Waals surface area contributed by atoms with E-state index in [2.05, 4.69) is 90.4 Å². The molecule has 10 heteroatoms. The molecular formula is C18H18I4O6.